The summed E-state index contributed by atoms with van der Waals surface area (Å²) in [6.07, 6.45) is 2.53. The lowest BCUT2D eigenvalue weighted by atomic mass is 10.0. The first-order valence-electron chi connectivity index (χ1n) is 9.88. The van der Waals surface area contributed by atoms with Gasteiger partial charge in [-0.25, -0.2) is 0 Å². The number of anilines is 1. The summed E-state index contributed by atoms with van der Waals surface area (Å²) < 4.78 is 11.3. The van der Waals surface area contributed by atoms with Gasteiger partial charge in [0.1, 0.15) is 13.2 Å². The minimum Gasteiger partial charge on any atom is -0.486 e. The number of piperidine rings is 1. The second-order valence-corrected chi connectivity index (χ2v) is 8.24. The van der Waals surface area contributed by atoms with Crippen LogP contribution in [-0.4, -0.2) is 66.3 Å². The van der Waals surface area contributed by atoms with Crippen LogP contribution in [0, 0.1) is 0 Å². The van der Waals surface area contributed by atoms with Crippen molar-refractivity contribution in [1.29, 1.82) is 0 Å². The molecule has 4 aliphatic rings. The number of rotatable bonds is 4. The molecular formula is C20H24N4O3S. The summed E-state index contributed by atoms with van der Waals surface area (Å²) in [4.78, 5) is 21.5. The molecule has 1 fully saturated rings. The van der Waals surface area contributed by atoms with Crippen molar-refractivity contribution in [2.75, 3.05) is 44.7 Å². The van der Waals surface area contributed by atoms with Crippen LogP contribution in [0.5, 0.6) is 11.5 Å². The van der Waals surface area contributed by atoms with Gasteiger partial charge in [0.25, 0.3) is 0 Å². The number of aliphatic imine (C=N–C) groups is 1. The fraction of sp³-hybridized carbons (Fsp3) is 0.500. The molecule has 7 nitrogen and oxygen atoms in total. The van der Waals surface area contributed by atoms with E-state index < -0.39 is 0 Å². The zero-order valence-corrected chi connectivity index (χ0v) is 16.5. The van der Waals surface area contributed by atoms with E-state index in [-0.39, 0.29) is 11.9 Å². The van der Waals surface area contributed by atoms with Crippen LogP contribution in [0.3, 0.4) is 0 Å². The standard InChI is InChI=1S/C20H24N4O3S/c25-19(11-16-13-28-20-21-5-7-24(16)20)23-6-1-2-15(12-23)22-14-3-4-17-18(10-14)27-9-8-26-17/h3-4,10,13,15,22H,1-2,5-9,11-12H2/t15-/m1/s1. The van der Waals surface area contributed by atoms with Gasteiger partial charge in [-0.05, 0) is 30.4 Å². The topological polar surface area (TPSA) is 66.4 Å². The van der Waals surface area contributed by atoms with E-state index in [2.05, 4.69) is 20.6 Å². The molecule has 148 valence electrons. The third kappa shape index (κ3) is 3.53. The highest BCUT2D eigenvalue weighted by molar-refractivity contribution is 8.16. The number of amidine groups is 1. The van der Waals surface area contributed by atoms with Crippen LogP contribution >= 0.6 is 11.8 Å². The van der Waals surface area contributed by atoms with Gasteiger partial charge in [0.15, 0.2) is 16.7 Å². The maximum atomic E-state index is 12.9. The molecule has 1 aromatic carbocycles. The van der Waals surface area contributed by atoms with Gasteiger partial charge < -0.3 is 24.6 Å². The molecule has 1 saturated heterocycles. The molecule has 1 aromatic rings. The van der Waals surface area contributed by atoms with Crippen molar-refractivity contribution in [3.8, 4) is 11.5 Å². The molecule has 28 heavy (non-hydrogen) atoms. The highest BCUT2D eigenvalue weighted by Gasteiger charge is 2.30. The predicted octanol–water partition coefficient (Wildman–Crippen LogP) is 2.51. The largest absolute Gasteiger partial charge is 0.486 e. The number of thioether (sulfide) groups is 1. The van der Waals surface area contributed by atoms with Gasteiger partial charge in [-0.15, -0.1) is 0 Å². The molecule has 0 bridgehead atoms. The Balaban J connectivity index is 1.19. The average Bonchev–Trinajstić information content (AvgIpc) is 3.33. The normalized spacial score (nSPS) is 23.2. The highest BCUT2D eigenvalue weighted by Crippen LogP contribution is 2.34. The molecule has 8 heteroatoms. The van der Waals surface area contributed by atoms with Crippen molar-refractivity contribution >= 4 is 28.5 Å². The monoisotopic (exact) mass is 400 g/mol. The predicted molar refractivity (Wildman–Crippen MR) is 110 cm³/mol. The van der Waals surface area contributed by atoms with E-state index >= 15 is 0 Å². The molecule has 1 amide bonds. The molecular weight excluding hydrogens is 376 g/mol. The number of nitrogens with zero attached hydrogens (tertiary/aromatic N) is 3. The number of hydrogen-bond acceptors (Lipinski definition) is 7. The first-order valence-corrected chi connectivity index (χ1v) is 10.8. The van der Waals surface area contributed by atoms with E-state index in [1.807, 2.05) is 23.1 Å². The molecule has 0 aromatic heterocycles. The number of carbonyl (C=O) groups is 1. The average molecular weight is 401 g/mol. The molecule has 1 atom stereocenters. The Hall–Kier alpha value is -2.35. The summed E-state index contributed by atoms with van der Waals surface area (Å²) in [7, 11) is 0. The summed E-state index contributed by atoms with van der Waals surface area (Å²) in [5.74, 6) is 1.78. The van der Waals surface area contributed by atoms with Crippen molar-refractivity contribution < 1.29 is 14.3 Å². The lowest BCUT2D eigenvalue weighted by Gasteiger charge is -2.34. The van der Waals surface area contributed by atoms with Crippen LogP contribution in [0.15, 0.2) is 34.3 Å². The third-order valence-electron chi connectivity index (χ3n) is 5.47. The number of hydrogen-bond donors (Lipinski definition) is 1. The first kappa shape index (κ1) is 17.7. The molecule has 0 radical (unpaired) electrons. The van der Waals surface area contributed by atoms with Crippen molar-refractivity contribution in [2.24, 2.45) is 4.99 Å². The quantitative estimate of drug-likeness (QED) is 0.838. The van der Waals surface area contributed by atoms with Crippen LogP contribution in [0.25, 0.3) is 0 Å². The van der Waals surface area contributed by atoms with E-state index in [9.17, 15) is 4.79 Å². The maximum Gasteiger partial charge on any atom is 0.228 e. The Morgan fingerprint density at radius 2 is 2.14 bits per heavy atom. The van der Waals surface area contributed by atoms with E-state index in [4.69, 9.17) is 9.47 Å². The number of amides is 1. The Morgan fingerprint density at radius 3 is 3.07 bits per heavy atom. The van der Waals surface area contributed by atoms with Gasteiger partial charge in [-0.3, -0.25) is 9.79 Å². The molecule has 0 aliphatic carbocycles. The summed E-state index contributed by atoms with van der Waals surface area (Å²) in [5, 5.41) is 6.68. The molecule has 0 unspecified atom stereocenters. The number of nitrogens with one attached hydrogen (secondary N) is 1. The number of benzene rings is 1. The van der Waals surface area contributed by atoms with Crippen LogP contribution in [0.4, 0.5) is 5.69 Å². The van der Waals surface area contributed by atoms with Crippen LogP contribution in [-0.2, 0) is 4.79 Å². The van der Waals surface area contributed by atoms with Gasteiger partial charge in [-0.1, -0.05) is 11.8 Å². The number of likely N-dealkylation sites (tertiary alicyclic amines) is 1. The van der Waals surface area contributed by atoms with Crippen LogP contribution < -0.4 is 14.8 Å². The molecule has 4 heterocycles. The summed E-state index contributed by atoms with van der Waals surface area (Å²) in [6.45, 7) is 4.47. The summed E-state index contributed by atoms with van der Waals surface area (Å²) in [5.41, 5.74) is 2.10. The first-order chi connectivity index (χ1) is 13.8. The lowest BCUT2D eigenvalue weighted by Crippen LogP contribution is -2.45. The number of ether oxygens (including phenoxy) is 2. The smallest absolute Gasteiger partial charge is 0.228 e. The van der Waals surface area contributed by atoms with Crippen LogP contribution in [0.1, 0.15) is 19.3 Å². The molecule has 5 rings (SSSR count). The van der Waals surface area contributed by atoms with Crippen molar-refractivity contribution in [3.63, 3.8) is 0 Å². The summed E-state index contributed by atoms with van der Waals surface area (Å²) >= 11 is 1.63. The van der Waals surface area contributed by atoms with Gasteiger partial charge in [0, 0.05) is 43.1 Å². The fourth-order valence-corrected chi connectivity index (χ4v) is 5.03. The second-order valence-electron chi connectivity index (χ2n) is 7.40. The molecule has 1 N–H and O–H groups in total. The molecule has 0 saturated carbocycles. The van der Waals surface area contributed by atoms with Gasteiger partial charge in [0.2, 0.25) is 5.91 Å². The van der Waals surface area contributed by atoms with E-state index in [0.717, 1.165) is 67.1 Å². The minimum absolute atomic E-state index is 0.202. The zero-order valence-electron chi connectivity index (χ0n) is 15.7. The Kier molecular flexibility index (Phi) is 4.80. The van der Waals surface area contributed by atoms with Crippen molar-refractivity contribution in [3.05, 3.63) is 29.3 Å². The van der Waals surface area contributed by atoms with E-state index in [0.29, 0.717) is 19.6 Å². The molecule has 0 spiro atoms. The van der Waals surface area contributed by atoms with Gasteiger partial charge in [0.05, 0.1) is 13.0 Å². The lowest BCUT2D eigenvalue weighted by molar-refractivity contribution is -0.131. The van der Waals surface area contributed by atoms with E-state index in [1.54, 1.807) is 11.8 Å². The zero-order chi connectivity index (χ0) is 18.9. The van der Waals surface area contributed by atoms with Crippen molar-refractivity contribution in [1.82, 2.24) is 9.80 Å². The van der Waals surface area contributed by atoms with Crippen molar-refractivity contribution in [2.45, 2.75) is 25.3 Å². The number of carbonyl (C=O) groups excluding carboxylic acids is 1. The SMILES string of the molecule is O=C(CC1=CSC2=NCCN12)N1CCC[C@@H](Nc2ccc3c(c2)OCCO3)C1. The highest BCUT2D eigenvalue weighted by atomic mass is 32.2. The van der Waals surface area contributed by atoms with Crippen LogP contribution in [0.2, 0.25) is 0 Å². The van der Waals surface area contributed by atoms with Gasteiger partial charge >= 0.3 is 0 Å². The minimum atomic E-state index is 0.202. The number of fused-ring (bicyclic) bond motifs is 2. The maximum absolute atomic E-state index is 12.9. The van der Waals surface area contributed by atoms with Gasteiger partial charge in [-0.2, -0.15) is 0 Å². The Bertz CT molecular complexity index is 841. The Labute approximate surface area is 168 Å². The fourth-order valence-electron chi connectivity index (χ4n) is 4.07. The second kappa shape index (κ2) is 7.58. The van der Waals surface area contributed by atoms with E-state index in [1.165, 1.54) is 0 Å². The molecule has 4 aliphatic heterocycles. The third-order valence-corrected chi connectivity index (χ3v) is 6.42. The summed E-state index contributed by atoms with van der Waals surface area (Å²) in [6, 6.07) is 6.20. The Morgan fingerprint density at radius 1 is 1.25 bits per heavy atom.